The summed E-state index contributed by atoms with van der Waals surface area (Å²) >= 11 is 0. The van der Waals surface area contributed by atoms with Crippen molar-refractivity contribution in [1.29, 1.82) is 0 Å². The Labute approximate surface area is 108 Å². The molecule has 0 aliphatic rings. The van der Waals surface area contributed by atoms with Crippen LogP contribution in [0.2, 0.25) is 0 Å². The van der Waals surface area contributed by atoms with Crippen molar-refractivity contribution in [2.24, 2.45) is 0 Å². The molecule has 0 aliphatic carbocycles. The molecule has 0 saturated carbocycles. The molecule has 6 heteroatoms. The monoisotopic (exact) mass is 272 g/mol. The summed E-state index contributed by atoms with van der Waals surface area (Å²) in [5.74, 6) is -0.578. The Balaban J connectivity index is 2.75. The molecule has 1 amide bonds. The van der Waals surface area contributed by atoms with Gasteiger partial charge in [0.2, 0.25) is 5.91 Å². The standard InChI is InChI=1S/C12H17FN2O2S/c1-3-6-18(17)8(2)12(16)15-11-7-9(14)4-5-10(11)13/h4-5,7-8H,3,6,14H2,1-2H3,(H,15,16). The average molecular weight is 272 g/mol. The van der Waals surface area contributed by atoms with Gasteiger partial charge in [-0.15, -0.1) is 0 Å². The molecule has 2 unspecified atom stereocenters. The summed E-state index contributed by atoms with van der Waals surface area (Å²) in [6, 6.07) is 3.92. The lowest BCUT2D eigenvalue weighted by Gasteiger charge is -2.12. The number of nitrogens with two attached hydrogens (primary N) is 1. The maximum Gasteiger partial charge on any atom is 0.239 e. The third-order valence-electron chi connectivity index (χ3n) is 2.42. The first kappa shape index (κ1) is 14.6. The Morgan fingerprint density at radius 2 is 2.22 bits per heavy atom. The number of nitrogens with one attached hydrogen (secondary N) is 1. The Bertz CT molecular complexity index is 465. The molecule has 100 valence electrons. The van der Waals surface area contributed by atoms with Gasteiger partial charge in [-0.2, -0.15) is 0 Å². The first-order valence-electron chi connectivity index (χ1n) is 5.68. The normalized spacial score (nSPS) is 13.9. The lowest BCUT2D eigenvalue weighted by molar-refractivity contribution is -0.115. The SMILES string of the molecule is CCCS(=O)C(C)C(=O)Nc1cc(N)ccc1F. The molecule has 1 aromatic rings. The lowest BCUT2D eigenvalue weighted by Crippen LogP contribution is -2.30. The zero-order valence-corrected chi connectivity index (χ0v) is 11.2. The minimum absolute atomic E-state index is 0.0142. The number of carbonyl (C=O) groups excluding carboxylic acids is 1. The van der Waals surface area contributed by atoms with Crippen molar-refractivity contribution in [3.8, 4) is 0 Å². The van der Waals surface area contributed by atoms with E-state index in [0.29, 0.717) is 11.4 Å². The fourth-order valence-corrected chi connectivity index (χ4v) is 2.42. The van der Waals surface area contributed by atoms with Crippen LogP contribution in [0.25, 0.3) is 0 Å². The summed E-state index contributed by atoms with van der Waals surface area (Å²) in [7, 11) is -1.25. The topological polar surface area (TPSA) is 72.2 Å². The fourth-order valence-electron chi connectivity index (χ4n) is 1.37. The summed E-state index contributed by atoms with van der Waals surface area (Å²) in [5, 5.41) is 1.73. The van der Waals surface area contributed by atoms with Crippen LogP contribution in [-0.4, -0.2) is 21.1 Å². The van der Waals surface area contributed by atoms with Crippen molar-refractivity contribution in [1.82, 2.24) is 0 Å². The van der Waals surface area contributed by atoms with E-state index in [-0.39, 0.29) is 5.69 Å². The highest BCUT2D eigenvalue weighted by Gasteiger charge is 2.20. The van der Waals surface area contributed by atoms with Crippen LogP contribution in [0.4, 0.5) is 15.8 Å². The van der Waals surface area contributed by atoms with Crippen molar-refractivity contribution in [3.63, 3.8) is 0 Å². The first-order valence-corrected chi connectivity index (χ1v) is 7.07. The molecular weight excluding hydrogens is 255 g/mol. The molecule has 0 fully saturated rings. The van der Waals surface area contributed by atoms with E-state index in [1.54, 1.807) is 6.92 Å². The maximum absolute atomic E-state index is 13.4. The van der Waals surface area contributed by atoms with Gasteiger partial charge in [-0.1, -0.05) is 6.92 Å². The second-order valence-electron chi connectivity index (χ2n) is 3.96. The van der Waals surface area contributed by atoms with Crippen molar-refractivity contribution in [3.05, 3.63) is 24.0 Å². The minimum Gasteiger partial charge on any atom is -0.399 e. The zero-order chi connectivity index (χ0) is 13.7. The molecule has 1 aromatic carbocycles. The van der Waals surface area contributed by atoms with Crippen molar-refractivity contribution in [2.45, 2.75) is 25.5 Å². The Morgan fingerprint density at radius 1 is 1.56 bits per heavy atom. The van der Waals surface area contributed by atoms with E-state index in [1.165, 1.54) is 18.2 Å². The van der Waals surface area contributed by atoms with Gasteiger partial charge in [0.05, 0.1) is 5.69 Å². The Morgan fingerprint density at radius 3 is 2.83 bits per heavy atom. The molecule has 0 aromatic heterocycles. The lowest BCUT2D eigenvalue weighted by atomic mass is 10.2. The Hall–Kier alpha value is -1.43. The van der Waals surface area contributed by atoms with Gasteiger partial charge in [-0.05, 0) is 31.5 Å². The molecular formula is C12H17FN2O2S. The molecule has 0 radical (unpaired) electrons. The van der Waals surface area contributed by atoms with Crippen LogP contribution < -0.4 is 11.1 Å². The number of rotatable bonds is 5. The van der Waals surface area contributed by atoms with Crippen LogP contribution >= 0.6 is 0 Å². The maximum atomic E-state index is 13.4. The number of amides is 1. The summed E-state index contributed by atoms with van der Waals surface area (Å²) in [6.07, 6.45) is 0.733. The predicted molar refractivity (Wildman–Crippen MR) is 72.2 cm³/mol. The number of anilines is 2. The number of benzene rings is 1. The van der Waals surface area contributed by atoms with Crippen LogP contribution in [0.5, 0.6) is 0 Å². The highest BCUT2D eigenvalue weighted by atomic mass is 32.2. The summed E-state index contributed by atoms with van der Waals surface area (Å²) in [5.41, 5.74) is 5.88. The van der Waals surface area contributed by atoms with E-state index < -0.39 is 27.8 Å². The molecule has 0 spiro atoms. The number of hydrogen-bond acceptors (Lipinski definition) is 3. The molecule has 4 nitrogen and oxygen atoms in total. The highest BCUT2D eigenvalue weighted by Crippen LogP contribution is 2.18. The number of halogens is 1. The van der Waals surface area contributed by atoms with Gasteiger partial charge in [-0.25, -0.2) is 4.39 Å². The number of hydrogen-bond donors (Lipinski definition) is 2. The number of nitrogen functional groups attached to an aromatic ring is 1. The van der Waals surface area contributed by atoms with Gasteiger partial charge in [0, 0.05) is 22.2 Å². The van der Waals surface area contributed by atoms with E-state index in [4.69, 9.17) is 5.73 Å². The zero-order valence-electron chi connectivity index (χ0n) is 10.4. The van der Waals surface area contributed by atoms with E-state index in [9.17, 15) is 13.4 Å². The van der Waals surface area contributed by atoms with E-state index >= 15 is 0 Å². The summed E-state index contributed by atoms with van der Waals surface area (Å²) < 4.78 is 25.1. The molecule has 0 saturated heterocycles. The van der Waals surface area contributed by atoms with Gasteiger partial charge >= 0.3 is 0 Å². The van der Waals surface area contributed by atoms with E-state index in [0.717, 1.165) is 6.42 Å². The average Bonchev–Trinajstić information content (AvgIpc) is 2.33. The fraction of sp³-hybridized carbons (Fsp3) is 0.417. The van der Waals surface area contributed by atoms with Gasteiger partial charge in [0.25, 0.3) is 0 Å². The van der Waals surface area contributed by atoms with Crippen molar-refractivity contribution in [2.75, 3.05) is 16.8 Å². The summed E-state index contributed by atoms with van der Waals surface area (Å²) in [6.45, 7) is 3.45. The molecule has 0 aliphatic heterocycles. The molecule has 3 N–H and O–H groups in total. The third-order valence-corrected chi connectivity index (χ3v) is 4.23. The smallest absolute Gasteiger partial charge is 0.239 e. The quantitative estimate of drug-likeness (QED) is 0.804. The van der Waals surface area contributed by atoms with Crippen LogP contribution in [0.3, 0.4) is 0 Å². The van der Waals surface area contributed by atoms with Gasteiger partial charge in [-0.3, -0.25) is 9.00 Å². The number of carbonyl (C=O) groups is 1. The van der Waals surface area contributed by atoms with Crippen LogP contribution in [0, 0.1) is 5.82 Å². The molecule has 2 atom stereocenters. The van der Waals surface area contributed by atoms with E-state index in [1.807, 2.05) is 6.92 Å². The minimum atomic E-state index is -1.25. The van der Waals surface area contributed by atoms with Gasteiger partial charge in [0.1, 0.15) is 11.1 Å². The van der Waals surface area contributed by atoms with Gasteiger partial charge < -0.3 is 11.1 Å². The second kappa shape index (κ2) is 6.49. The molecule has 18 heavy (non-hydrogen) atoms. The summed E-state index contributed by atoms with van der Waals surface area (Å²) in [4.78, 5) is 11.8. The van der Waals surface area contributed by atoms with Crippen LogP contribution in [0.15, 0.2) is 18.2 Å². The molecule has 0 heterocycles. The first-order chi connectivity index (χ1) is 8.45. The van der Waals surface area contributed by atoms with Gasteiger partial charge in [0.15, 0.2) is 0 Å². The van der Waals surface area contributed by atoms with Crippen molar-refractivity contribution >= 4 is 28.1 Å². The predicted octanol–water partition coefficient (Wildman–Crippen LogP) is 1.89. The van der Waals surface area contributed by atoms with Crippen molar-refractivity contribution < 1.29 is 13.4 Å². The van der Waals surface area contributed by atoms with E-state index in [2.05, 4.69) is 5.32 Å². The largest absolute Gasteiger partial charge is 0.399 e. The third kappa shape index (κ3) is 3.80. The molecule has 0 bridgehead atoms. The Kier molecular flexibility index (Phi) is 5.27. The second-order valence-corrected chi connectivity index (χ2v) is 5.83. The molecule has 1 rings (SSSR count). The van der Waals surface area contributed by atoms with Crippen LogP contribution in [0.1, 0.15) is 20.3 Å². The van der Waals surface area contributed by atoms with Crippen LogP contribution in [-0.2, 0) is 15.6 Å². The highest BCUT2D eigenvalue weighted by molar-refractivity contribution is 7.86.